The van der Waals surface area contributed by atoms with Crippen molar-refractivity contribution in [2.45, 2.75) is 39.5 Å². The molecule has 0 saturated carbocycles. The van der Waals surface area contributed by atoms with Crippen LogP contribution in [-0.4, -0.2) is 28.7 Å². The van der Waals surface area contributed by atoms with Gasteiger partial charge in [0.1, 0.15) is 23.0 Å². The zero-order chi connectivity index (χ0) is 25.3. The molecule has 0 atom stereocenters. The normalized spacial score (nSPS) is 8.74. The van der Waals surface area contributed by atoms with E-state index >= 15 is 0 Å². The van der Waals surface area contributed by atoms with E-state index in [2.05, 4.69) is 138 Å². The summed E-state index contributed by atoms with van der Waals surface area (Å²) in [6.07, 6.45) is 9.91. The summed E-state index contributed by atoms with van der Waals surface area (Å²) in [5, 5.41) is 0. The largest absolute Gasteiger partial charge is 1.00 e. The topological polar surface area (TPSA) is 53.5 Å². The summed E-state index contributed by atoms with van der Waals surface area (Å²) in [5.74, 6) is 0. The summed E-state index contributed by atoms with van der Waals surface area (Å²) >= 11 is 19.6. The van der Waals surface area contributed by atoms with Crippen molar-refractivity contribution in [2.75, 3.05) is 0 Å². The molecule has 14 heteroatoms. The van der Waals surface area contributed by atoms with E-state index in [0.717, 1.165) is 40.6 Å². The molecule has 0 aliphatic heterocycles. The maximum Gasteiger partial charge on any atom is 1.00 e. The third-order valence-electron chi connectivity index (χ3n) is 3.14. The number of aryl methyl sites for hydroxylation is 2. The van der Waals surface area contributed by atoms with Crippen molar-refractivity contribution in [2.24, 2.45) is 21.1 Å². The number of unbranched alkanes of at least 4 members (excludes halogenated alkanes) is 2. The van der Waals surface area contributed by atoms with Gasteiger partial charge in [-0.3, -0.25) is 0 Å². The Morgan fingerprint density at radius 3 is 1.32 bits per heavy atom. The maximum absolute atomic E-state index is 4.06. The molecule has 0 saturated heterocycles. The van der Waals surface area contributed by atoms with E-state index in [1.807, 2.05) is 41.0 Å². The zero-order valence-electron chi connectivity index (χ0n) is 20.9. The SMILES string of the molecule is Cn1c(Br)nc(Br)c1Br.Cn1cnc(Br)c1.Cn1cnc(Br)c1Br.[CH2-]CCC.[CH2-]CCC.[Li+].[Li+]. The van der Waals surface area contributed by atoms with Gasteiger partial charge in [0, 0.05) is 27.3 Å². The van der Waals surface area contributed by atoms with Gasteiger partial charge < -0.3 is 27.5 Å². The van der Waals surface area contributed by atoms with Gasteiger partial charge in [-0.15, -0.1) is 0 Å². The quantitative estimate of drug-likeness (QED) is 0.295. The monoisotopic (exact) mass is 842 g/mol. The van der Waals surface area contributed by atoms with Gasteiger partial charge in [-0.2, -0.15) is 12.8 Å². The minimum Gasteiger partial charge on any atom is -0.343 e. The minimum absolute atomic E-state index is 0. The van der Waals surface area contributed by atoms with Crippen molar-refractivity contribution < 1.29 is 37.7 Å². The first-order chi connectivity index (χ1) is 15.0. The van der Waals surface area contributed by atoms with Crippen LogP contribution in [0.2, 0.25) is 0 Å². The average Bonchev–Trinajstić information content (AvgIpc) is 3.38. The van der Waals surface area contributed by atoms with E-state index in [1.54, 1.807) is 12.7 Å². The van der Waals surface area contributed by atoms with Crippen molar-refractivity contribution in [1.82, 2.24) is 28.7 Å². The van der Waals surface area contributed by atoms with Gasteiger partial charge >= 0.3 is 37.7 Å². The van der Waals surface area contributed by atoms with E-state index in [0.29, 0.717) is 0 Å². The molecular weight excluding hydrogens is 818 g/mol. The van der Waals surface area contributed by atoms with Gasteiger partial charge in [0.15, 0.2) is 4.73 Å². The molecule has 184 valence electrons. The van der Waals surface area contributed by atoms with E-state index in [4.69, 9.17) is 0 Å². The fourth-order valence-electron chi connectivity index (χ4n) is 1.19. The molecule has 3 aromatic heterocycles. The average molecular weight is 848 g/mol. The molecule has 0 spiro atoms. The summed E-state index contributed by atoms with van der Waals surface area (Å²) in [4.78, 5) is 11.9. The number of aromatic nitrogens is 6. The van der Waals surface area contributed by atoms with Gasteiger partial charge in [-0.05, 0) is 95.6 Å². The molecule has 0 aliphatic rings. The van der Waals surface area contributed by atoms with E-state index < -0.39 is 0 Å². The van der Waals surface area contributed by atoms with Crippen molar-refractivity contribution in [1.29, 1.82) is 0 Å². The summed E-state index contributed by atoms with van der Waals surface area (Å²) in [5.41, 5.74) is 0. The minimum atomic E-state index is 0. The Kier molecular flexibility index (Phi) is 33.1. The van der Waals surface area contributed by atoms with Crippen LogP contribution in [0, 0.1) is 13.8 Å². The fourth-order valence-corrected chi connectivity index (χ4v) is 3.69. The summed E-state index contributed by atoms with van der Waals surface area (Å²) in [6, 6.07) is 0. The molecule has 0 bridgehead atoms. The van der Waals surface area contributed by atoms with Crippen LogP contribution in [0.4, 0.5) is 0 Å². The number of hydrogen-bond acceptors (Lipinski definition) is 3. The second kappa shape index (κ2) is 26.3. The van der Waals surface area contributed by atoms with Gasteiger partial charge in [-0.25, -0.2) is 15.0 Å². The molecule has 34 heavy (non-hydrogen) atoms. The molecular formula is C20H30Br6Li2N6. The molecule has 3 rings (SSSR count). The Morgan fingerprint density at radius 2 is 1.24 bits per heavy atom. The Labute approximate surface area is 279 Å². The first kappa shape index (κ1) is 42.8. The zero-order valence-corrected chi connectivity index (χ0v) is 30.4. The number of rotatable bonds is 2. The first-order valence-electron chi connectivity index (χ1n) is 9.53. The van der Waals surface area contributed by atoms with Crippen LogP contribution in [0.5, 0.6) is 0 Å². The number of nitrogens with zero attached hydrogens (tertiary/aromatic N) is 6. The molecule has 0 radical (unpaired) electrons. The third-order valence-corrected chi connectivity index (χ3v) is 8.30. The molecule has 0 N–H and O–H groups in total. The molecule has 3 aromatic rings. The third kappa shape index (κ3) is 20.7. The maximum atomic E-state index is 4.06. The smallest absolute Gasteiger partial charge is 0.343 e. The number of halogens is 6. The van der Waals surface area contributed by atoms with Crippen molar-refractivity contribution >= 4 is 95.6 Å². The predicted octanol–water partition coefficient (Wildman–Crippen LogP) is 3.08. The Morgan fingerprint density at radius 1 is 0.765 bits per heavy atom. The van der Waals surface area contributed by atoms with Crippen LogP contribution in [0.15, 0.2) is 46.6 Å². The van der Waals surface area contributed by atoms with Crippen LogP contribution in [0.3, 0.4) is 0 Å². The Hall–Kier alpha value is 1.70. The molecule has 0 aliphatic carbocycles. The molecule has 3 heterocycles. The van der Waals surface area contributed by atoms with Gasteiger partial charge in [0.2, 0.25) is 0 Å². The van der Waals surface area contributed by atoms with E-state index in [1.165, 1.54) is 12.8 Å². The van der Waals surface area contributed by atoms with Crippen LogP contribution in [-0.2, 0) is 21.1 Å². The Bertz CT molecular complexity index is 803. The van der Waals surface area contributed by atoms with E-state index in [-0.39, 0.29) is 37.7 Å². The second-order valence-corrected chi connectivity index (χ2v) is 10.6. The predicted molar refractivity (Wildman–Crippen MR) is 156 cm³/mol. The number of hydrogen-bond donors (Lipinski definition) is 0. The molecule has 0 amide bonds. The molecule has 0 aromatic carbocycles. The summed E-state index contributed by atoms with van der Waals surface area (Å²) in [7, 11) is 5.76. The fraction of sp³-hybridized carbons (Fsp3) is 0.450. The van der Waals surface area contributed by atoms with Crippen LogP contribution >= 0.6 is 95.6 Å². The molecule has 0 unspecified atom stereocenters. The van der Waals surface area contributed by atoms with Crippen molar-refractivity contribution in [3.8, 4) is 0 Å². The number of imidazole rings is 3. The molecule has 6 nitrogen and oxygen atoms in total. The van der Waals surface area contributed by atoms with Crippen molar-refractivity contribution in [3.05, 3.63) is 60.4 Å². The van der Waals surface area contributed by atoms with Crippen molar-refractivity contribution in [3.63, 3.8) is 0 Å². The Balaban J connectivity index is -0.000000169. The van der Waals surface area contributed by atoms with Gasteiger partial charge in [-0.1, -0.05) is 26.7 Å². The standard InChI is InChI=1S/C4H3Br3N2.C4H4Br2N2.C4H5BrN2.2C4H9.2Li/c1-9-3(6)2(5)8-4(9)7;1-8-2-7-3(5)4(8)6;1-7-2-4(5)6-3-7;2*1-3-4-2;;/h1H3;2H,1H3;2-3H,1H3;2*1,3-4H2,2H3;;/q;;;2*-1;2*+1. The second-order valence-electron chi connectivity index (χ2n) is 6.03. The molecule has 0 fully saturated rings. The van der Waals surface area contributed by atoms with Crippen LogP contribution < -0.4 is 37.7 Å². The summed E-state index contributed by atoms with van der Waals surface area (Å²) in [6.45, 7) is 11.4. The first-order valence-corrected chi connectivity index (χ1v) is 14.3. The van der Waals surface area contributed by atoms with Gasteiger partial charge in [0.25, 0.3) is 0 Å². The van der Waals surface area contributed by atoms with Crippen LogP contribution in [0.1, 0.15) is 39.5 Å². The van der Waals surface area contributed by atoms with Gasteiger partial charge in [0.05, 0.1) is 12.7 Å². The van der Waals surface area contributed by atoms with Crippen LogP contribution in [0.25, 0.3) is 0 Å². The van der Waals surface area contributed by atoms with E-state index in [9.17, 15) is 0 Å². The summed E-state index contributed by atoms with van der Waals surface area (Å²) < 4.78 is 10.9.